The van der Waals surface area contributed by atoms with Crippen molar-refractivity contribution in [1.29, 1.82) is 0 Å². The third-order valence-corrected chi connectivity index (χ3v) is 5.06. The lowest BCUT2D eigenvalue weighted by atomic mass is 9.92. The second kappa shape index (κ2) is 7.64. The molecule has 1 saturated heterocycles. The van der Waals surface area contributed by atoms with Gasteiger partial charge in [-0.25, -0.2) is 0 Å². The largest absolute Gasteiger partial charge is 0.314 e. The molecule has 2 fully saturated rings. The van der Waals surface area contributed by atoms with Gasteiger partial charge in [0.15, 0.2) is 0 Å². The Kier molecular flexibility index (Phi) is 6.15. The zero-order valence-corrected chi connectivity index (χ0v) is 13.3. The van der Waals surface area contributed by atoms with Crippen molar-refractivity contribution in [2.24, 2.45) is 11.8 Å². The van der Waals surface area contributed by atoms with E-state index < -0.39 is 0 Å². The number of rotatable bonds is 6. The van der Waals surface area contributed by atoms with Crippen molar-refractivity contribution in [3.05, 3.63) is 0 Å². The number of nitrogens with one attached hydrogen (secondary N) is 1. The minimum atomic E-state index is 0.731. The Morgan fingerprint density at radius 2 is 1.89 bits per heavy atom. The van der Waals surface area contributed by atoms with Crippen LogP contribution in [0, 0.1) is 11.8 Å². The van der Waals surface area contributed by atoms with Gasteiger partial charge in [0.25, 0.3) is 0 Å². The van der Waals surface area contributed by atoms with Crippen LogP contribution in [0.5, 0.6) is 0 Å². The first-order valence-electron chi connectivity index (χ1n) is 8.62. The van der Waals surface area contributed by atoms with Crippen molar-refractivity contribution in [3.8, 4) is 0 Å². The molecule has 112 valence electrons. The van der Waals surface area contributed by atoms with Crippen LogP contribution >= 0.6 is 0 Å². The highest BCUT2D eigenvalue weighted by atomic mass is 15.2. The molecule has 0 spiro atoms. The summed E-state index contributed by atoms with van der Waals surface area (Å²) in [6.45, 7) is 11.0. The highest BCUT2D eigenvalue weighted by Gasteiger charge is 2.26. The van der Waals surface area contributed by atoms with Crippen LogP contribution in [0.1, 0.15) is 65.7 Å². The maximum absolute atomic E-state index is 3.59. The van der Waals surface area contributed by atoms with Gasteiger partial charge in [0, 0.05) is 18.6 Å². The molecule has 2 atom stereocenters. The lowest BCUT2D eigenvalue weighted by Gasteiger charge is -2.36. The second-order valence-electron chi connectivity index (χ2n) is 7.36. The molecule has 0 amide bonds. The Morgan fingerprint density at radius 1 is 1.16 bits per heavy atom. The molecule has 1 saturated carbocycles. The number of piperidine rings is 1. The lowest BCUT2D eigenvalue weighted by Crippen LogP contribution is -2.43. The minimum absolute atomic E-state index is 0.731. The SMILES string of the molecule is CC(C)CCN(CC1CCNC(C)C1)C1CCCC1. The maximum Gasteiger partial charge on any atom is 0.00953 e. The highest BCUT2D eigenvalue weighted by molar-refractivity contribution is 4.83. The molecule has 1 aliphatic heterocycles. The van der Waals surface area contributed by atoms with Gasteiger partial charge in [-0.1, -0.05) is 26.7 Å². The molecule has 0 radical (unpaired) electrons. The van der Waals surface area contributed by atoms with Crippen molar-refractivity contribution in [1.82, 2.24) is 10.2 Å². The van der Waals surface area contributed by atoms with Gasteiger partial charge in [-0.2, -0.15) is 0 Å². The smallest absolute Gasteiger partial charge is 0.00953 e. The molecule has 1 aliphatic carbocycles. The highest BCUT2D eigenvalue weighted by Crippen LogP contribution is 2.27. The summed E-state index contributed by atoms with van der Waals surface area (Å²) in [7, 11) is 0. The van der Waals surface area contributed by atoms with Crippen molar-refractivity contribution in [2.75, 3.05) is 19.6 Å². The summed E-state index contributed by atoms with van der Waals surface area (Å²) >= 11 is 0. The Bertz CT molecular complexity index is 246. The standard InChI is InChI=1S/C17H34N2/c1-14(2)9-11-19(17-6-4-5-7-17)13-16-8-10-18-15(3)12-16/h14-18H,4-13H2,1-3H3. The molecule has 0 aromatic rings. The molecule has 19 heavy (non-hydrogen) atoms. The van der Waals surface area contributed by atoms with E-state index in [9.17, 15) is 0 Å². The molecule has 2 unspecified atom stereocenters. The number of hydrogen-bond acceptors (Lipinski definition) is 2. The summed E-state index contributed by atoms with van der Waals surface area (Å²) in [5.74, 6) is 1.78. The average molecular weight is 266 g/mol. The minimum Gasteiger partial charge on any atom is -0.314 e. The summed E-state index contributed by atoms with van der Waals surface area (Å²) in [5, 5.41) is 3.59. The van der Waals surface area contributed by atoms with E-state index in [-0.39, 0.29) is 0 Å². The molecule has 1 N–H and O–H groups in total. The zero-order chi connectivity index (χ0) is 13.7. The van der Waals surface area contributed by atoms with Gasteiger partial charge in [0.1, 0.15) is 0 Å². The fourth-order valence-electron chi connectivity index (χ4n) is 3.85. The second-order valence-corrected chi connectivity index (χ2v) is 7.36. The van der Waals surface area contributed by atoms with Crippen molar-refractivity contribution >= 4 is 0 Å². The molecule has 2 rings (SSSR count). The fraction of sp³-hybridized carbons (Fsp3) is 1.00. The Balaban J connectivity index is 1.84. The van der Waals surface area contributed by atoms with Crippen LogP contribution in [0.25, 0.3) is 0 Å². The summed E-state index contributed by atoms with van der Waals surface area (Å²) in [5.41, 5.74) is 0. The van der Waals surface area contributed by atoms with Crippen molar-refractivity contribution in [3.63, 3.8) is 0 Å². The van der Waals surface area contributed by atoms with E-state index in [1.807, 2.05) is 0 Å². The first-order chi connectivity index (χ1) is 9.15. The van der Waals surface area contributed by atoms with Gasteiger partial charge in [-0.15, -0.1) is 0 Å². The quantitative estimate of drug-likeness (QED) is 0.789. The van der Waals surface area contributed by atoms with Crippen LogP contribution in [-0.2, 0) is 0 Å². The molecule has 0 bridgehead atoms. The zero-order valence-electron chi connectivity index (χ0n) is 13.3. The monoisotopic (exact) mass is 266 g/mol. The molecular weight excluding hydrogens is 232 g/mol. The van der Waals surface area contributed by atoms with Crippen LogP contribution in [-0.4, -0.2) is 36.6 Å². The van der Waals surface area contributed by atoms with Gasteiger partial charge >= 0.3 is 0 Å². The van der Waals surface area contributed by atoms with Crippen LogP contribution < -0.4 is 5.32 Å². The Morgan fingerprint density at radius 3 is 2.53 bits per heavy atom. The lowest BCUT2D eigenvalue weighted by molar-refractivity contribution is 0.138. The van der Waals surface area contributed by atoms with E-state index in [0.29, 0.717) is 0 Å². The molecule has 2 heteroatoms. The predicted octanol–water partition coefficient (Wildman–Crippen LogP) is 3.67. The van der Waals surface area contributed by atoms with E-state index in [0.717, 1.165) is 23.9 Å². The Hall–Kier alpha value is -0.0800. The molecular formula is C17H34N2. The van der Waals surface area contributed by atoms with E-state index in [1.165, 1.54) is 64.6 Å². The van der Waals surface area contributed by atoms with Crippen molar-refractivity contribution in [2.45, 2.75) is 77.8 Å². The van der Waals surface area contributed by atoms with Gasteiger partial charge in [-0.05, 0) is 64.0 Å². The third kappa shape index (κ3) is 5.07. The summed E-state index contributed by atoms with van der Waals surface area (Å²) < 4.78 is 0. The molecule has 2 aliphatic rings. The van der Waals surface area contributed by atoms with Gasteiger partial charge in [-0.3, -0.25) is 0 Å². The van der Waals surface area contributed by atoms with Crippen LogP contribution in [0.4, 0.5) is 0 Å². The molecule has 2 nitrogen and oxygen atoms in total. The fourth-order valence-corrected chi connectivity index (χ4v) is 3.85. The van der Waals surface area contributed by atoms with Gasteiger partial charge in [0.2, 0.25) is 0 Å². The van der Waals surface area contributed by atoms with Gasteiger partial charge < -0.3 is 10.2 Å². The van der Waals surface area contributed by atoms with Crippen LogP contribution in [0.3, 0.4) is 0 Å². The molecule has 0 aromatic heterocycles. The predicted molar refractivity (Wildman–Crippen MR) is 83.5 cm³/mol. The number of hydrogen-bond donors (Lipinski definition) is 1. The van der Waals surface area contributed by atoms with E-state index in [4.69, 9.17) is 0 Å². The normalized spacial score (nSPS) is 29.5. The maximum atomic E-state index is 3.59. The molecule has 1 heterocycles. The Labute approximate surface area is 120 Å². The third-order valence-electron chi connectivity index (χ3n) is 5.06. The van der Waals surface area contributed by atoms with E-state index in [2.05, 4.69) is 31.0 Å². The van der Waals surface area contributed by atoms with Crippen LogP contribution in [0.2, 0.25) is 0 Å². The summed E-state index contributed by atoms with van der Waals surface area (Å²) in [6.07, 6.45) is 9.98. The average Bonchev–Trinajstić information content (AvgIpc) is 2.88. The topological polar surface area (TPSA) is 15.3 Å². The molecule has 0 aromatic carbocycles. The van der Waals surface area contributed by atoms with Gasteiger partial charge in [0.05, 0.1) is 0 Å². The van der Waals surface area contributed by atoms with Crippen molar-refractivity contribution < 1.29 is 0 Å². The van der Waals surface area contributed by atoms with E-state index in [1.54, 1.807) is 0 Å². The summed E-state index contributed by atoms with van der Waals surface area (Å²) in [6, 6.07) is 1.64. The first-order valence-corrected chi connectivity index (χ1v) is 8.62. The van der Waals surface area contributed by atoms with E-state index >= 15 is 0 Å². The number of nitrogens with zero attached hydrogens (tertiary/aromatic N) is 1. The van der Waals surface area contributed by atoms with Crippen LogP contribution in [0.15, 0.2) is 0 Å². The first kappa shape index (κ1) is 15.3. The summed E-state index contributed by atoms with van der Waals surface area (Å²) in [4.78, 5) is 2.86.